The van der Waals surface area contributed by atoms with Crippen LogP contribution in [0.1, 0.15) is 27.7 Å². The van der Waals surface area contributed by atoms with Crippen LogP contribution in [0.4, 0.5) is 17.1 Å². The predicted molar refractivity (Wildman–Crippen MR) is 169 cm³/mol. The van der Waals surface area contributed by atoms with E-state index in [0.29, 0.717) is 0 Å². The van der Waals surface area contributed by atoms with Crippen molar-refractivity contribution in [2.75, 3.05) is 4.90 Å². The van der Waals surface area contributed by atoms with Crippen LogP contribution in [0.5, 0.6) is 0 Å². The van der Waals surface area contributed by atoms with Gasteiger partial charge in [-0.3, -0.25) is 0 Å². The first-order valence-electron chi connectivity index (χ1n) is 13.7. The Bertz CT molecular complexity index is 1440. The van der Waals surface area contributed by atoms with Gasteiger partial charge in [0.2, 0.25) is 0 Å². The summed E-state index contributed by atoms with van der Waals surface area (Å²) in [7, 11) is 1.73. The fourth-order valence-electron chi connectivity index (χ4n) is 4.41. The second kappa shape index (κ2) is 11.6. The maximum atomic E-state index is 10.5. The van der Waals surface area contributed by atoms with Crippen molar-refractivity contribution in [2.45, 2.75) is 38.9 Å². The minimum absolute atomic E-state index is 0.747. The van der Waals surface area contributed by atoms with Gasteiger partial charge < -0.3 is 14.7 Å². The highest BCUT2D eigenvalue weighted by molar-refractivity contribution is 6.47. The zero-order valence-electron chi connectivity index (χ0n) is 23.6. The van der Waals surface area contributed by atoms with Crippen LogP contribution in [0.3, 0.4) is 0 Å². The van der Waals surface area contributed by atoms with Crippen molar-refractivity contribution >= 4 is 30.0 Å². The molecule has 4 heteroatoms. The van der Waals surface area contributed by atoms with Crippen molar-refractivity contribution < 1.29 is 9.76 Å². The molecule has 0 amide bonds. The third-order valence-corrected chi connectivity index (χ3v) is 7.56. The largest absolute Gasteiger partial charge is 0.427 e. The molecule has 1 radical (unpaired) electrons. The summed E-state index contributed by atoms with van der Waals surface area (Å²) in [5.41, 5.74) is 7.04. The Labute approximate surface area is 239 Å². The summed E-state index contributed by atoms with van der Waals surface area (Å²) in [6.07, 6.45) is 0. The summed E-state index contributed by atoms with van der Waals surface area (Å²) in [6, 6.07) is 46.4. The molecule has 0 saturated heterocycles. The summed E-state index contributed by atoms with van der Waals surface area (Å²) in [6.45, 7) is 7.30. The highest BCUT2D eigenvalue weighted by Crippen LogP contribution is 2.36. The molecular weight excluding hydrogens is 489 g/mol. The lowest BCUT2D eigenvalue weighted by Gasteiger charge is -2.37. The third kappa shape index (κ3) is 6.20. The minimum Gasteiger partial charge on any atom is -0.427 e. The number of hydrogen-bond donors (Lipinski definition) is 1. The van der Waals surface area contributed by atoms with Crippen LogP contribution in [0.25, 0.3) is 22.3 Å². The summed E-state index contributed by atoms with van der Waals surface area (Å²) >= 11 is 0. The van der Waals surface area contributed by atoms with Crippen molar-refractivity contribution in [3.05, 3.63) is 133 Å². The van der Waals surface area contributed by atoms with E-state index < -0.39 is 11.2 Å². The summed E-state index contributed by atoms with van der Waals surface area (Å²) in [5.74, 6) is 0. The number of rotatable bonds is 9. The van der Waals surface area contributed by atoms with Crippen molar-refractivity contribution in [2.24, 2.45) is 0 Å². The number of anilines is 3. The third-order valence-electron chi connectivity index (χ3n) is 7.56. The predicted octanol–water partition coefficient (Wildman–Crippen LogP) is 8.30. The van der Waals surface area contributed by atoms with E-state index in [9.17, 15) is 5.11 Å². The average Bonchev–Trinajstić information content (AvgIpc) is 2.98. The van der Waals surface area contributed by atoms with Gasteiger partial charge in [0.1, 0.15) is 0 Å². The van der Waals surface area contributed by atoms with Gasteiger partial charge in [0, 0.05) is 17.1 Å². The lowest BCUT2D eigenvalue weighted by molar-refractivity contribution is -0.0893. The Morgan fingerprint density at radius 2 is 0.975 bits per heavy atom. The van der Waals surface area contributed by atoms with Crippen LogP contribution in [0, 0.1) is 0 Å². The highest BCUT2D eigenvalue weighted by atomic mass is 16.5. The molecular formula is C36H35BNO2. The zero-order valence-corrected chi connectivity index (χ0v) is 23.6. The molecule has 3 nitrogen and oxygen atoms in total. The van der Waals surface area contributed by atoms with E-state index in [0.717, 1.165) is 22.5 Å². The minimum atomic E-state index is -0.992. The first kappa shape index (κ1) is 27.5. The van der Waals surface area contributed by atoms with Gasteiger partial charge in [-0.1, -0.05) is 103 Å². The maximum absolute atomic E-state index is 10.5. The first-order valence-corrected chi connectivity index (χ1v) is 13.7. The average molecular weight is 524 g/mol. The fourth-order valence-corrected chi connectivity index (χ4v) is 4.41. The smallest absolute Gasteiger partial charge is 0.330 e. The van der Waals surface area contributed by atoms with Crippen LogP contribution >= 0.6 is 0 Å². The monoisotopic (exact) mass is 524 g/mol. The van der Waals surface area contributed by atoms with Gasteiger partial charge >= 0.3 is 7.48 Å². The molecule has 0 aromatic heterocycles. The second-order valence-corrected chi connectivity index (χ2v) is 11.1. The molecule has 0 aliphatic heterocycles. The molecule has 199 valence electrons. The standard InChI is InChI=1S/C36H35BNO2/c1-35(2,39)36(3,4)40-37-31-16-11-17-34(26-31)38(32-22-18-29(19-23-32)27-12-7-5-8-13-27)33-24-20-30(21-25-33)28-14-9-6-10-15-28/h5-26,39H,1-4H3. The van der Waals surface area contributed by atoms with Gasteiger partial charge in [-0.2, -0.15) is 0 Å². The van der Waals surface area contributed by atoms with E-state index in [1.54, 1.807) is 21.3 Å². The Hall–Kier alpha value is -4.12. The number of nitrogens with zero attached hydrogens (tertiary/aromatic N) is 1. The van der Waals surface area contributed by atoms with Gasteiger partial charge in [-0.25, -0.2) is 0 Å². The number of benzene rings is 5. The fraction of sp³-hybridized carbons (Fsp3) is 0.167. The van der Waals surface area contributed by atoms with E-state index in [2.05, 4.69) is 114 Å². The van der Waals surface area contributed by atoms with Gasteiger partial charge in [0.15, 0.2) is 0 Å². The van der Waals surface area contributed by atoms with E-state index in [-0.39, 0.29) is 0 Å². The summed E-state index contributed by atoms with van der Waals surface area (Å²) < 4.78 is 6.06. The van der Waals surface area contributed by atoms with E-state index in [4.69, 9.17) is 4.65 Å². The van der Waals surface area contributed by atoms with Crippen LogP contribution in [0.2, 0.25) is 0 Å². The topological polar surface area (TPSA) is 32.7 Å². The van der Waals surface area contributed by atoms with Gasteiger partial charge in [0.05, 0.1) is 11.2 Å². The Morgan fingerprint density at radius 1 is 0.525 bits per heavy atom. The van der Waals surface area contributed by atoms with Gasteiger partial charge in [-0.15, -0.1) is 0 Å². The second-order valence-electron chi connectivity index (χ2n) is 11.1. The molecule has 0 aliphatic rings. The van der Waals surface area contributed by atoms with E-state index in [1.165, 1.54) is 22.3 Å². The lowest BCUT2D eigenvalue weighted by atomic mass is 9.82. The van der Waals surface area contributed by atoms with E-state index >= 15 is 0 Å². The van der Waals surface area contributed by atoms with Crippen molar-refractivity contribution in [3.63, 3.8) is 0 Å². The maximum Gasteiger partial charge on any atom is 0.330 e. The quantitative estimate of drug-likeness (QED) is 0.197. The van der Waals surface area contributed by atoms with Crippen molar-refractivity contribution in [3.8, 4) is 22.3 Å². The van der Waals surface area contributed by atoms with Crippen LogP contribution < -0.4 is 10.4 Å². The molecule has 0 atom stereocenters. The molecule has 0 spiro atoms. The number of aliphatic hydroxyl groups is 1. The first-order chi connectivity index (χ1) is 19.2. The highest BCUT2D eigenvalue weighted by Gasteiger charge is 2.35. The molecule has 0 saturated carbocycles. The normalized spacial score (nSPS) is 11.7. The summed E-state index contributed by atoms with van der Waals surface area (Å²) in [4.78, 5) is 2.25. The van der Waals surface area contributed by atoms with Gasteiger partial charge in [-0.05, 0) is 86.3 Å². The molecule has 0 bridgehead atoms. The zero-order chi connectivity index (χ0) is 28.2. The van der Waals surface area contributed by atoms with E-state index in [1.807, 2.05) is 38.1 Å². The Kier molecular flexibility index (Phi) is 7.93. The van der Waals surface area contributed by atoms with Crippen LogP contribution in [-0.2, 0) is 4.65 Å². The molecule has 0 aliphatic carbocycles. The molecule has 5 aromatic rings. The molecule has 1 N–H and O–H groups in total. The number of hydrogen-bond acceptors (Lipinski definition) is 3. The molecule has 0 heterocycles. The Balaban J connectivity index is 1.50. The summed E-state index contributed by atoms with van der Waals surface area (Å²) in [5, 5.41) is 10.5. The van der Waals surface area contributed by atoms with Gasteiger partial charge in [0.25, 0.3) is 0 Å². The van der Waals surface area contributed by atoms with Crippen molar-refractivity contribution in [1.29, 1.82) is 0 Å². The van der Waals surface area contributed by atoms with Crippen LogP contribution in [-0.4, -0.2) is 23.8 Å². The molecule has 5 aromatic carbocycles. The molecule has 0 unspecified atom stereocenters. The lowest BCUT2D eigenvalue weighted by Crippen LogP contribution is -2.49. The molecule has 0 fully saturated rings. The van der Waals surface area contributed by atoms with Crippen LogP contribution in [0.15, 0.2) is 133 Å². The van der Waals surface area contributed by atoms with Crippen molar-refractivity contribution in [1.82, 2.24) is 0 Å². The SMILES string of the molecule is CC(C)(O)C(C)(C)O[B]c1cccc(N(c2ccc(-c3ccccc3)cc2)c2ccc(-c3ccccc3)cc2)c1. The Morgan fingerprint density at radius 3 is 1.43 bits per heavy atom. The molecule has 5 rings (SSSR count). The molecule has 40 heavy (non-hydrogen) atoms.